The van der Waals surface area contributed by atoms with Crippen LogP contribution >= 0.6 is 15.9 Å². The number of hydrogen-bond acceptors (Lipinski definition) is 1. The van der Waals surface area contributed by atoms with Gasteiger partial charge in [-0.05, 0) is 49.9 Å². The van der Waals surface area contributed by atoms with Crippen LogP contribution in [0.5, 0.6) is 0 Å². The van der Waals surface area contributed by atoms with Gasteiger partial charge in [-0.15, -0.1) is 0 Å². The van der Waals surface area contributed by atoms with E-state index in [-0.39, 0.29) is 11.8 Å². The number of carbonyl (C=O) groups is 1. The summed E-state index contributed by atoms with van der Waals surface area (Å²) < 4.78 is 1.13. The van der Waals surface area contributed by atoms with Crippen LogP contribution in [0.3, 0.4) is 0 Å². The van der Waals surface area contributed by atoms with Crippen molar-refractivity contribution in [2.24, 2.45) is 5.92 Å². The highest BCUT2D eigenvalue weighted by atomic mass is 79.9. The number of rotatable bonds is 2. The summed E-state index contributed by atoms with van der Waals surface area (Å²) in [6.45, 7) is 4.12. The smallest absolute Gasteiger partial charge is 0.227 e. The first kappa shape index (κ1) is 15.6. The number of anilines is 1. The second-order valence-corrected chi connectivity index (χ2v) is 6.75. The summed E-state index contributed by atoms with van der Waals surface area (Å²) in [5.74, 6) is 0.396. The van der Waals surface area contributed by atoms with Crippen molar-refractivity contribution in [2.75, 3.05) is 5.32 Å². The summed E-state index contributed by atoms with van der Waals surface area (Å²) in [4.78, 5) is 12.4. The zero-order valence-corrected chi connectivity index (χ0v) is 14.1. The Kier molecular flexibility index (Phi) is 5.64. The molecule has 0 bridgehead atoms. The number of amides is 1. The first-order valence-electron chi connectivity index (χ1n) is 7.65. The van der Waals surface area contributed by atoms with Gasteiger partial charge in [0.2, 0.25) is 5.91 Å². The standard InChI is InChI=1S/C17H24BrNO/c1-12-10-15(11-13(2)16(12)18)19-17(20)14-8-6-4-3-5-7-9-14/h10-11,14H,3-9H2,1-2H3,(H,19,20). The van der Waals surface area contributed by atoms with E-state index < -0.39 is 0 Å². The van der Waals surface area contributed by atoms with Crippen LogP contribution in [0.25, 0.3) is 0 Å². The van der Waals surface area contributed by atoms with Gasteiger partial charge in [0.15, 0.2) is 0 Å². The zero-order chi connectivity index (χ0) is 14.5. The van der Waals surface area contributed by atoms with Crippen LogP contribution < -0.4 is 5.32 Å². The highest BCUT2D eigenvalue weighted by Crippen LogP contribution is 2.27. The molecule has 1 saturated carbocycles. The number of halogens is 1. The monoisotopic (exact) mass is 337 g/mol. The second-order valence-electron chi connectivity index (χ2n) is 5.96. The normalized spacial score (nSPS) is 17.4. The molecule has 0 aliphatic heterocycles. The third kappa shape index (κ3) is 4.08. The largest absolute Gasteiger partial charge is 0.326 e. The van der Waals surface area contributed by atoms with Crippen molar-refractivity contribution in [1.82, 2.24) is 0 Å². The average Bonchev–Trinajstić information content (AvgIpc) is 2.35. The first-order chi connectivity index (χ1) is 9.58. The quantitative estimate of drug-likeness (QED) is 0.772. The third-order valence-electron chi connectivity index (χ3n) is 4.18. The molecular weight excluding hydrogens is 314 g/mol. The predicted molar refractivity (Wildman–Crippen MR) is 88.1 cm³/mol. The summed E-state index contributed by atoms with van der Waals surface area (Å²) in [6, 6.07) is 4.08. The Hall–Kier alpha value is -0.830. The van der Waals surface area contributed by atoms with E-state index in [9.17, 15) is 4.79 Å². The van der Waals surface area contributed by atoms with Crippen LogP contribution in [0.2, 0.25) is 0 Å². The van der Waals surface area contributed by atoms with Crippen LogP contribution in [-0.4, -0.2) is 5.91 Å². The van der Waals surface area contributed by atoms with E-state index in [0.717, 1.165) is 34.1 Å². The predicted octanol–water partition coefficient (Wildman–Crippen LogP) is 5.36. The van der Waals surface area contributed by atoms with Gasteiger partial charge in [-0.2, -0.15) is 0 Å². The molecule has 110 valence electrons. The molecule has 0 heterocycles. The maximum absolute atomic E-state index is 12.4. The molecule has 0 aromatic heterocycles. The summed E-state index contributed by atoms with van der Waals surface area (Å²) in [5.41, 5.74) is 3.26. The van der Waals surface area contributed by atoms with Crippen LogP contribution in [-0.2, 0) is 4.79 Å². The van der Waals surface area contributed by atoms with Gasteiger partial charge < -0.3 is 5.32 Å². The Morgan fingerprint density at radius 2 is 1.55 bits per heavy atom. The van der Waals surface area contributed by atoms with Gasteiger partial charge in [0.05, 0.1) is 0 Å². The Morgan fingerprint density at radius 1 is 1.05 bits per heavy atom. The molecule has 1 aliphatic rings. The van der Waals surface area contributed by atoms with Gasteiger partial charge in [0.1, 0.15) is 0 Å². The molecule has 2 nitrogen and oxygen atoms in total. The number of aryl methyl sites for hydroxylation is 2. The lowest BCUT2D eigenvalue weighted by molar-refractivity contribution is -0.120. The second kappa shape index (κ2) is 7.26. The average molecular weight is 338 g/mol. The minimum absolute atomic E-state index is 0.194. The molecule has 0 spiro atoms. The summed E-state index contributed by atoms with van der Waals surface area (Å²) in [7, 11) is 0. The molecule has 1 aliphatic carbocycles. The fraction of sp³-hybridized carbons (Fsp3) is 0.588. The fourth-order valence-corrected chi connectivity index (χ4v) is 3.21. The minimum atomic E-state index is 0.194. The Balaban J connectivity index is 2.03. The molecule has 2 rings (SSSR count). The van der Waals surface area contributed by atoms with Gasteiger partial charge in [0, 0.05) is 16.1 Å². The van der Waals surface area contributed by atoms with Gasteiger partial charge in [0.25, 0.3) is 0 Å². The Morgan fingerprint density at radius 3 is 2.10 bits per heavy atom. The van der Waals surface area contributed by atoms with Gasteiger partial charge >= 0.3 is 0 Å². The lowest BCUT2D eigenvalue weighted by Gasteiger charge is -2.19. The van der Waals surface area contributed by atoms with E-state index >= 15 is 0 Å². The van der Waals surface area contributed by atoms with E-state index in [1.165, 1.54) is 32.1 Å². The lowest BCUT2D eigenvalue weighted by atomic mass is 9.90. The molecule has 1 aromatic carbocycles. The molecule has 0 saturated heterocycles. The van der Waals surface area contributed by atoms with E-state index in [0.29, 0.717) is 0 Å². The Labute approximate surface area is 130 Å². The summed E-state index contributed by atoms with van der Waals surface area (Å²) in [6.07, 6.45) is 8.35. The van der Waals surface area contributed by atoms with E-state index in [2.05, 4.69) is 35.1 Å². The Bertz CT molecular complexity index is 453. The van der Waals surface area contributed by atoms with Gasteiger partial charge in [-0.25, -0.2) is 0 Å². The SMILES string of the molecule is Cc1cc(NC(=O)C2CCCCCCC2)cc(C)c1Br. The van der Waals surface area contributed by atoms with Crippen molar-refractivity contribution in [3.05, 3.63) is 27.7 Å². The molecular formula is C17H24BrNO. The van der Waals surface area contributed by atoms with Crippen molar-refractivity contribution in [3.8, 4) is 0 Å². The summed E-state index contributed by atoms with van der Waals surface area (Å²) in [5, 5.41) is 3.11. The topological polar surface area (TPSA) is 29.1 Å². The number of hydrogen-bond donors (Lipinski definition) is 1. The van der Waals surface area contributed by atoms with Gasteiger partial charge in [-0.3, -0.25) is 4.79 Å². The van der Waals surface area contributed by atoms with Crippen molar-refractivity contribution < 1.29 is 4.79 Å². The number of carbonyl (C=O) groups excluding carboxylic acids is 1. The van der Waals surface area contributed by atoms with Crippen molar-refractivity contribution in [3.63, 3.8) is 0 Å². The molecule has 0 atom stereocenters. The maximum Gasteiger partial charge on any atom is 0.227 e. The molecule has 0 unspecified atom stereocenters. The highest BCUT2D eigenvalue weighted by Gasteiger charge is 2.19. The van der Waals surface area contributed by atoms with Crippen LogP contribution in [0.4, 0.5) is 5.69 Å². The minimum Gasteiger partial charge on any atom is -0.326 e. The van der Waals surface area contributed by atoms with Crippen molar-refractivity contribution in [2.45, 2.75) is 58.8 Å². The fourth-order valence-electron chi connectivity index (χ4n) is 2.98. The lowest BCUT2D eigenvalue weighted by Crippen LogP contribution is -2.23. The molecule has 0 radical (unpaired) electrons. The molecule has 1 aromatic rings. The molecule has 1 amide bonds. The molecule has 20 heavy (non-hydrogen) atoms. The first-order valence-corrected chi connectivity index (χ1v) is 8.45. The highest BCUT2D eigenvalue weighted by molar-refractivity contribution is 9.10. The van der Waals surface area contributed by atoms with Crippen LogP contribution in [0.1, 0.15) is 56.1 Å². The summed E-state index contributed by atoms with van der Waals surface area (Å²) >= 11 is 3.56. The number of nitrogens with one attached hydrogen (secondary N) is 1. The van der Waals surface area contributed by atoms with Crippen LogP contribution in [0, 0.1) is 19.8 Å². The van der Waals surface area contributed by atoms with Crippen molar-refractivity contribution >= 4 is 27.5 Å². The number of benzene rings is 1. The van der Waals surface area contributed by atoms with E-state index in [1.54, 1.807) is 0 Å². The van der Waals surface area contributed by atoms with E-state index in [4.69, 9.17) is 0 Å². The van der Waals surface area contributed by atoms with E-state index in [1.807, 2.05) is 12.1 Å². The molecule has 1 fully saturated rings. The molecule has 1 N–H and O–H groups in total. The molecule has 3 heteroatoms. The van der Waals surface area contributed by atoms with Gasteiger partial charge in [-0.1, -0.05) is 48.0 Å². The third-order valence-corrected chi connectivity index (χ3v) is 5.43. The van der Waals surface area contributed by atoms with Crippen molar-refractivity contribution in [1.29, 1.82) is 0 Å². The zero-order valence-electron chi connectivity index (χ0n) is 12.5. The maximum atomic E-state index is 12.4. The van der Waals surface area contributed by atoms with Crippen LogP contribution in [0.15, 0.2) is 16.6 Å².